The molecule has 0 fully saturated rings. The van der Waals surface area contributed by atoms with Gasteiger partial charge in [0.25, 0.3) is 0 Å². The maximum Gasteiger partial charge on any atom is 0.321 e. The van der Waals surface area contributed by atoms with Crippen molar-refractivity contribution in [1.82, 2.24) is 4.72 Å². The first kappa shape index (κ1) is 19.4. The summed E-state index contributed by atoms with van der Waals surface area (Å²) in [5.74, 6) is -0.0285. The van der Waals surface area contributed by atoms with Gasteiger partial charge in [-0.3, -0.25) is 4.79 Å². The Balaban J connectivity index is 2.14. The Labute approximate surface area is 148 Å². The van der Waals surface area contributed by atoms with E-state index in [0.717, 1.165) is 5.56 Å². The fourth-order valence-corrected chi connectivity index (χ4v) is 3.46. The molecular weight excluding hydrogens is 344 g/mol. The summed E-state index contributed by atoms with van der Waals surface area (Å²) in [7, 11) is -3.85. The van der Waals surface area contributed by atoms with Crippen LogP contribution in [0.3, 0.4) is 0 Å². The number of hydrogen-bond acceptors (Lipinski definition) is 6. The van der Waals surface area contributed by atoms with Gasteiger partial charge in [0.2, 0.25) is 10.0 Å². The Bertz CT molecular complexity index is 783. The van der Waals surface area contributed by atoms with Crippen LogP contribution < -0.4 is 9.46 Å². The molecule has 0 radical (unpaired) electrons. The van der Waals surface area contributed by atoms with E-state index in [9.17, 15) is 13.2 Å². The molecule has 1 heterocycles. The maximum absolute atomic E-state index is 12.4. The second kappa shape index (κ2) is 6.76. The Morgan fingerprint density at radius 1 is 1.44 bits per heavy atom. The number of carbonyl (C=O) groups is 1. The third kappa shape index (κ3) is 5.02. The normalized spacial score (nSPS) is 20.3. The first-order valence-corrected chi connectivity index (χ1v) is 9.41. The zero-order chi connectivity index (χ0) is 18.9. The molecule has 8 heteroatoms. The highest BCUT2D eigenvalue weighted by Gasteiger charge is 2.30. The number of ether oxygens (including phenoxy) is 2. The van der Waals surface area contributed by atoms with Gasteiger partial charge in [0, 0.05) is 11.6 Å². The number of fused-ring (bicyclic) bond motifs is 1. The van der Waals surface area contributed by atoms with Crippen molar-refractivity contribution in [2.75, 3.05) is 13.2 Å². The van der Waals surface area contributed by atoms with Crippen LogP contribution in [0.15, 0.2) is 23.1 Å². The van der Waals surface area contributed by atoms with Crippen LogP contribution in [-0.4, -0.2) is 39.4 Å². The summed E-state index contributed by atoms with van der Waals surface area (Å²) in [6.45, 7) is 6.96. The third-order valence-electron chi connectivity index (χ3n) is 3.67. The first-order valence-electron chi connectivity index (χ1n) is 7.93. The van der Waals surface area contributed by atoms with E-state index in [2.05, 4.69) is 4.72 Å². The summed E-state index contributed by atoms with van der Waals surface area (Å²) in [5.41, 5.74) is -0.417. The van der Waals surface area contributed by atoms with Crippen molar-refractivity contribution in [3.63, 3.8) is 0 Å². The molecule has 1 aliphatic heterocycles. The van der Waals surface area contributed by atoms with Crippen molar-refractivity contribution in [2.24, 2.45) is 5.41 Å². The van der Waals surface area contributed by atoms with Crippen molar-refractivity contribution in [3.8, 4) is 5.75 Å². The van der Waals surface area contributed by atoms with E-state index in [1.807, 2.05) is 6.92 Å². The van der Waals surface area contributed by atoms with E-state index in [-0.39, 0.29) is 4.90 Å². The van der Waals surface area contributed by atoms with Gasteiger partial charge in [-0.05, 0) is 51.0 Å². The zero-order valence-electron chi connectivity index (χ0n) is 14.9. The molecule has 1 aromatic carbocycles. The lowest BCUT2D eigenvalue weighted by atomic mass is 9.83. The van der Waals surface area contributed by atoms with Crippen LogP contribution in [0.5, 0.6) is 5.75 Å². The molecular formula is C17H24N2O5S. The largest absolute Gasteiger partial charge is 0.492 e. The Morgan fingerprint density at radius 3 is 2.72 bits per heavy atom. The number of benzene rings is 1. The Hall–Kier alpha value is -1.93. The lowest BCUT2D eigenvalue weighted by Crippen LogP contribution is -2.35. The van der Waals surface area contributed by atoms with Crippen LogP contribution in [0.1, 0.15) is 33.3 Å². The standard InChI is InChI=1S/C17H24N2O5S/c1-16(2,3)24-15(20)9-19-25(21,22)13-5-6-14-12(7-13)8-17(4,10-18)11-23-14/h5-7,10,18-19H,8-9,11H2,1-4H3. The second-order valence-electron chi connectivity index (χ2n) is 7.44. The molecule has 138 valence electrons. The molecule has 7 nitrogen and oxygen atoms in total. The summed E-state index contributed by atoms with van der Waals surface area (Å²) >= 11 is 0. The summed E-state index contributed by atoms with van der Waals surface area (Å²) in [6.07, 6.45) is 1.83. The molecule has 1 unspecified atom stereocenters. The molecule has 0 saturated heterocycles. The predicted molar refractivity (Wildman–Crippen MR) is 93.6 cm³/mol. The van der Waals surface area contributed by atoms with Crippen molar-refractivity contribution in [3.05, 3.63) is 23.8 Å². The van der Waals surface area contributed by atoms with Crippen LogP contribution >= 0.6 is 0 Å². The summed E-state index contributed by atoms with van der Waals surface area (Å²) in [5, 5.41) is 7.51. The van der Waals surface area contributed by atoms with E-state index in [1.165, 1.54) is 18.3 Å². The highest BCUT2D eigenvalue weighted by Crippen LogP contribution is 2.34. The Morgan fingerprint density at radius 2 is 2.12 bits per heavy atom. The molecule has 1 aliphatic rings. The van der Waals surface area contributed by atoms with Gasteiger partial charge in [0.15, 0.2) is 0 Å². The van der Waals surface area contributed by atoms with Crippen LogP contribution in [0, 0.1) is 10.8 Å². The molecule has 1 atom stereocenters. The molecule has 25 heavy (non-hydrogen) atoms. The van der Waals surface area contributed by atoms with E-state index in [1.54, 1.807) is 26.8 Å². The second-order valence-corrected chi connectivity index (χ2v) is 9.21. The molecule has 0 bridgehead atoms. The number of sulfonamides is 1. The van der Waals surface area contributed by atoms with Crippen molar-refractivity contribution < 1.29 is 22.7 Å². The maximum atomic E-state index is 12.4. The molecule has 0 aromatic heterocycles. The fraction of sp³-hybridized carbons (Fsp3) is 0.529. The van der Waals surface area contributed by atoms with Gasteiger partial charge < -0.3 is 14.9 Å². The van der Waals surface area contributed by atoms with E-state index in [4.69, 9.17) is 14.9 Å². The van der Waals surface area contributed by atoms with Crippen molar-refractivity contribution in [2.45, 2.75) is 44.6 Å². The minimum Gasteiger partial charge on any atom is -0.492 e. The van der Waals surface area contributed by atoms with E-state index < -0.39 is 33.6 Å². The summed E-state index contributed by atoms with van der Waals surface area (Å²) < 4.78 is 37.8. The van der Waals surface area contributed by atoms with E-state index >= 15 is 0 Å². The van der Waals surface area contributed by atoms with Gasteiger partial charge in [0.05, 0.1) is 11.5 Å². The zero-order valence-corrected chi connectivity index (χ0v) is 15.7. The van der Waals surface area contributed by atoms with Gasteiger partial charge >= 0.3 is 5.97 Å². The molecule has 0 amide bonds. The molecule has 1 aromatic rings. The van der Waals surface area contributed by atoms with Gasteiger partial charge in [-0.15, -0.1) is 0 Å². The quantitative estimate of drug-likeness (QED) is 0.610. The average Bonchev–Trinajstić information content (AvgIpc) is 2.51. The molecule has 0 aliphatic carbocycles. The summed E-state index contributed by atoms with van der Waals surface area (Å²) in [6, 6.07) is 4.55. The minimum atomic E-state index is -3.85. The topological polar surface area (TPSA) is 106 Å². The lowest BCUT2D eigenvalue weighted by molar-refractivity contribution is -0.153. The summed E-state index contributed by atoms with van der Waals surface area (Å²) in [4.78, 5) is 11.7. The molecule has 2 rings (SSSR count). The lowest BCUT2D eigenvalue weighted by Gasteiger charge is -2.31. The highest BCUT2D eigenvalue weighted by molar-refractivity contribution is 7.89. The molecule has 0 spiro atoms. The van der Waals surface area contributed by atoms with Gasteiger partial charge in [-0.25, -0.2) is 8.42 Å². The van der Waals surface area contributed by atoms with Crippen molar-refractivity contribution >= 4 is 22.2 Å². The number of esters is 1. The number of hydrogen-bond donors (Lipinski definition) is 2. The van der Waals surface area contributed by atoms with Crippen LogP contribution in [0.2, 0.25) is 0 Å². The molecule has 2 N–H and O–H groups in total. The smallest absolute Gasteiger partial charge is 0.321 e. The van der Waals surface area contributed by atoms with Crippen molar-refractivity contribution in [1.29, 1.82) is 5.41 Å². The van der Waals surface area contributed by atoms with Crippen LogP contribution in [-0.2, 0) is 26.0 Å². The van der Waals surface area contributed by atoms with Gasteiger partial charge in [-0.2, -0.15) is 4.72 Å². The fourth-order valence-electron chi connectivity index (χ4n) is 2.44. The monoisotopic (exact) mass is 368 g/mol. The number of rotatable bonds is 5. The highest BCUT2D eigenvalue weighted by atomic mass is 32.2. The van der Waals surface area contributed by atoms with Crippen LogP contribution in [0.25, 0.3) is 0 Å². The predicted octanol–water partition coefficient (Wildman–Crippen LogP) is 1.90. The minimum absolute atomic E-state index is 0.0487. The van der Waals surface area contributed by atoms with Crippen LogP contribution in [0.4, 0.5) is 0 Å². The Kier molecular flexibility index (Phi) is 5.24. The molecule has 0 saturated carbocycles. The third-order valence-corrected chi connectivity index (χ3v) is 5.07. The van der Waals surface area contributed by atoms with Gasteiger partial charge in [-0.1, -0.05) is 6.92 Å². The number of carbonyl (C=O) groups excluding carboxylic acids is 1. The van der Waals surface area contributed by atoms with Gasteiger partial charge in [0.1, 0.15) is 17.9 Å². The first-order chi connectivity index (χ1) is 11.4. The van der Waals surface area contributed by atoms with E-state index in [0.29, 0.717) is 18.8 Å². The SMILES string of the molecule is CC1(C=N)COc2ccc(S(=O)(=O)NCC(=O)OC(C)(C)C)cc2C1. The average molecular weight is 368 g/mol. The number of nitrogens with one attached hydrogen (secondary N) is 2.